The van der Waals surface area contributed by atoms with Crippen LogP contribution in [0.4, 0.5) is 4.79 Å². The van der Waals surface area contributed by atoms with Gasteiger partial charge in [0.05, 0.1) is 18.2 Å². The van der Waals surface area contributed by atoms with Gasteiger partial charge in [-0.05, 0) is 24.7 Å². The Bertz CT molecular complexity index is 610. The van der Waals surface area contributed by atoms with Crippen molar-refractivity contribution in [1.82, 2.24) is 15.1 Å². The molecule has 3 aliphatic rings. The molecule has 1 saturated carbocycles. The summed E-state index contributed by atoms with van der Waals surface area (Å²) in [6, 6.07) is 1.98. The van der Waals surface area contributed by atoms with Crippen LogP contribution >= 0.6 is 0 Å². The van der Waals surface area contributed by atoms with E-state index in [1.54, 1.807) is 0 Å². The molecule has 3 rings (SSSR count). The summed E-state index contributed by atoms with van der Waals surface area (Å²) in [4.78, 5) is 31.9. The lowest BCUT2D eigenvalue weighted by Crippen LogP contribution is -2.48. The first-order chi connectivity index (χ1) is 10.5. The van der Waals surface area contributed by atoms with E-state index >= 15 is 0 Å². The van der Waals surface area contributed by atoms with Crippen molar-refractivity contribution in [2.75, 3.05) is 13.1 Å². The van der Waals surface area contributed by atoms with E-state index in [1.807, 2.05) is 13.8 Å². The summed E-state index contributed by atoms with van der Waals surface area (Å²) in [7, 11) is 0. The Morgan fingerprint density at radius 1 is 1.55 bits per heavy atom. The number of carbonyl (C=O) groups is 2. The van der Waals surface area contributed by atoms with Gasteiger partial charge in [0.25, 0.3) is 5.91 Å². The second-order valence-electron chi connectivity index (χ2n) is 6.35. The van der Waals surface area contributed by atoms with Crippen molar-refractivity contribution < 1.29 is 9.59 Å². The maximum atomic E-state index is 12.4. The van der Waals surface area contributed by atoms with Crippen LogP contribution in [0.5, 0.6) is 0 Å². The van der Waals surface area contributed by atoms with Crippen LogP contribution in [0.3, 0.4) is 0 Å². The molecular weight excluding hydrogens is 280 g/mol. The first-order valence-corrected chi connectivity index (χ1v) is 7.66. The molecule has 6 nitrogen and oxygen atoms in total. The minimum atomic E-state index is -0.317. The number of aliphatic imine (C=N–C) groups is 1. The average molecular weight is 300 g/mol. The summed E-state index contributed by atoms with van der Waals surface area (Å²) in [6.07, 6.45) is 9.12. The number of urea groups is 1. The third kappa shape index (κ3) is 2.59. The smallest absolute Gasteiger partial charge is 0.341 e. The van der Waals surface area contributed by atoms with Crippen molar-refractivity contribution in [1.29, 1.82) is 0 Å². The van der Waals surface area contributed by atoms with Crippen LogP contribution in [-0.2, 0) is 4.79 Å². The van der Waals surface area contributed by atoms with Crippen molar-refractivity contribution in [3.63, 3.8) is 0 Å². The molecular formula is C16H20N4O2. The van der Waals surface area contributed by atoms with E-state index in [2.05, 4.69) is 16.4 Å². The van der Waals surface area contributed by atoms with Crippen LogP contribution in [-0.4, -0.2) is 46.7 Å². The zero-order valence-corrected chi connectivity index (χ0v) is 12.9. The van der Waals surface area contributed by atoms with Gasteiger partial charge >= 0.3 is 6.03 Å². The molecule has 1 fully saturated rings. The van der Waals surface area contributed by atoms with Crippen LogP contribution in [0.2, 0.25) is 0 Å². The number of hydrogen-bond acceptors (Lipinski definition) is 3. The number of fused-ring (bicyclic) bond motifs is 1. The Kier molecular flexibility index (Phi) is 3.65. The van der Waals surface area contributed by atoms with Crippen molar-refractivity contribution >= 4 is 17.8 Å². The Hall–Kier alpha value is -2.29. The third-order valence-electron chi connectivity index (χ3n) is 4.25. The van der Waals surface area contributed by atoms with Gasteiger partial charge in [-0.15, -0.1) is 0 Å². The van der Waals surface area contributed by atoms with Crippen LogP contribution in [0, 0.1) is 24.3 Å². The SMILES string of the molecule is C#CN1C=C(C(=O)NCC2CC2)C2=N[C@@H](C(C)C)CN2C1=O. The van der Waals surface area contributed by atoms with Gasteiger partial charge in [0.15, 0.2) is 0 Å². The van der Waals surface area contributed by atoms with Gasteiger partial charge in [-0.3, -0.25) is 14.7 Å². The molecule has 1 atom stereocenters. The van der Waals surface area contributed by atoms with E-state index in [0.717, 1.165) is 17.7 Å². The molecule has 0 bridgehead atoms. The molecule has 0 aromatic heterocycles. The molecule has 2 heterocycles. The molecule has 0 spiro atoms. The molecule has 0 saturated heterocycles. The molecule has 0 radical (unpaired) electrons. The molecule has 0 aromatic rings. The molecule has 0 aromatic carbocycles. The van der Waals surface area contributed by atoms with E-state index in [9.17, 15) is 9.59 Å². The van der Waals surface area contributed by atoms with Crippen LogP contribution in [0.1, 0.15) is 26.7 Å². The summed E-state index contributed by atoms with van der Waals surface area (Å²) in [5.74, 6) is 1.11. The van der Waals surface area contributed by atoms with Crippen molar-refractivity contribution in [3.8, 4) is 12.5 Å². The second kappa shape index (κ2) is 5.48. The zero-order valence-electron chi connectivity index (χ0n) is 12.9. The summed E-state index contributed by atoms with van der Waals surface area (Å²) in [5, 5.41) is 2.91. The Labute approximate surface area is 130 Å². The van der Waals surface area contributed by atoms with Crippen molar-refractivity contribution in [3.05, 3.63) is 11.8 Å². The number of nitrogens with zero attached hydrogens (tertiary/aromatic N) is 3. The maximum Gasteiger partial charge on any atom is 0.341 e. The minimum Gasteiger partial charge on any atom is -0.352 e. The molecule has 0 unspecified atom stereocenters. The zero-order chi connectivity index (χ0) is 15.9. The summed E-state index contributed by atoms with van der Waals surface area (Å²) in [6.45, 7) is 5.23. The summed E-state index contributed by atoms with van der Waals surface area (Å²) >= 11 is 0. The highest BCUT2D eigenvalue weighted by molar-refractivity contribution is 6.26. The number of terminal acetylenes is 1. The minimum absolute atomic E-state index is 0.00342. The van der Waals surface area contributed by atoms with Gasteiger partial charge in [-0.1, -0.05) is 20.3 Å². The average Bonchev–Trinajstić information content (AvgIpc) is 3.21. The second-order valence-corrected chi connectivity index (χ2v) is 6.35. The molecule has 1 N–H and O–H groups in total. The molecule has 2 aliphatic heterocycles. The number of rotatable bonds is 4. The Balaban J connectivity index is 1.86. The van der Waals surface area contributed by atoms with Crippen LogP contribution in [0.25, 0.3) is 0 Å². The molecule has 3 amide bonds. The molecule has 1 aliphatic carbocycles. The predicted octanol–water partition coefficient (Wildman–Crippen LogP) is 1.16. The quantitative estimate of drug-likeness (QED) is 0.792. The van der Waals surface area contributed by atoms with Crippen LogP contribution < -0.4 is 5.32 Å². The lowest BCUT2D eigenvalue weighted by molar-refractivity contribution is -0.117. The fraction of sp³-hybridized carbons (Fsp3) is 0.562. The van der Waals surface area contributed by atoms with Gasteiger partial charge in [0, 0.05) is 18.8 Å². The highest BCUT2D eigenvalue weighted by Gasteiger charge is 2.40. The maximum absolute atomic E-state index is 12.4. The molecule has 22 heavy (non-hydrogen) atoms. The van der Waals surface area contributed by atoms with Crippen LogP contribution in [0.15, 0.2) is 16.8 Å². The lowest BCUT2D eigenvalue weighted by Gasteiger charge is -2.28. The van der Waals surface area contributed by atoms with Crippen molar-refractivity contribution in [2.24, 2.45) is 16.8 Å². The van der Waals surface area contributed by atoms with E-state index in [-0.39, 0.29) is 18.0 Å². The fourth-order valence-electron chi connectivity index (χ4n) is 2.56. The first kappa shape index (κ1) is 14.6. The van der Waals surface area contributed by atoms with Gasteiger partial charge in [0.2, 0.25) is 0 Å². The Morgan fingerprint density at radius 3 is 2.86 bits per heavy atom. The first-order valence-electron chi connectivity index (χ1n) is 7.66. The number of nitrogens with one attached hydrogen (secondary N) is 1. The number of amides is 3. The van der Waals surface area contributed by atoms with Gasteiger partial charge in [-0.2, -0.15) is 0 Å². The highest BCUT2D eigenvalue weighted by Crippen LogP contribution is 2.28. The monoisotopic (exact) mass is 300 g/mol. The van der Waals surface area contributed by atoms with E-state index < -0.39 is 0 Å². The van der Waals surface area contributed by atoms with Gasteiger partial charge in [0.1, 0.15) is 5.84 Å². The van der Waals surface area contributed by atoms with Gasteiger partial charge < -0.3 is 5.32 Å². The summed E-state index contributed by atoms with van der Waals surface area (Å²) < 4.78 is 0. The largest absolute Gasteiger partial charge is 0.352 e. The highest BCUT2D eigenvalue weighted by atomic mass is 16.2. The third-order valence-corrected chi connectivity index (χ3v) is 4.25. The number of amidine groups is 1. The van der Waals surface area contributed by atoms with E-state index in [1.165, 1.54) is 11.1 Å². The Morgan fingerprint density at radius 2 is 2.27 bits per heavy atom. The summed E-state index contributed by atoms with van der Waals surface area (Å²) in [5.41, 5.74) is 0.376. The topological polar surface area (TPSA) is 65.0 Å². The molecule has 6 heteroatoms. The normalized spacial score (nSPS) is 23.9. The van der Waals surface area contributed by atoms with Crippen molar-refractivity contribution in [2.45, 2.75) is 32.7 Å². The van der Waals surface area contributed by atoms with E-state index in [4.69, 9.17) is 6.42 Å². The number of hydrogen-bond donors (Lipinski definition) is 1. The lowest BCUT2D eigenvalue weighted by atomic mass is 10.1. The predicted molar refractivity (Wildman–Crippen MR) is 82.7 cm³/mol. The fourth-order valence-corrected chi connectivity index (χ4v) is 2.56. The molecule has 116 valence electrons. The number of carbonyl (C=O) groups excluding carboxylic acids is 2. The van der Waals surface area contributed by atoms with E-state index in [0.29, 0.717) is 36.3 Å². The van der Waals surface area contributed by atoms with Gasteiger partial charge in [-0.25, -0.2) is 9.69 Å². The standard InChI is InChI=1S/C16H20N4O2/c1-4-19-8-12(15(21)17-7-11-5-6-11)14-18-13(10(2)3)9-20(14)16(19)22/h1,8,10-11,13H,5-7,9H2,2-3H3,(H,17,21)/t13-/m1/s1.